The zero-order valence-corrected chi connectivity index (χ0v) is 21.9. The Hall–Kier alpha value is -3.37. The van der Waals surface area contributed by atoms with E-state index in [1.54, 1.807) is 12.1 Å². The second kappa shape index (κ2) is 10.9. The van der Waals surface area contributed by atoms with Crippen molar-refractivity contribution in [2.45, 2.75) is 44.8 Å². The molecule has 200 valence electrons. The fraction of sp³-hybridized carbons (Fsp3) is 0.519. The standard InChI is InChI=1S/C27H37N5O5/c1-26(2,3)37-25(33)28-21-4-6-22(7-5-21)31-18-16-29(17-19-31)20-27(34)12-14-30(15-13-27)23-8-10-24(11-9-23)32(35)36/h4-11,34H,12-20H2,1-3H3,(H,28,33). The highest BCUT2D eigenvalue weighted by Gasteiger charge is 2.35. The first-order valence-electron chi connectivity index (χ1n) is 12.8. The van der Waals surface area contributed by atoms with Crippen LogP contribution < -0.4 is 15.1 Å². The van der Waals surface area contributed by atoms with E-state index in [2.05, 4.69) is 20.0 Å². The van der Waals surface area contributed by atoms with Crippen molar-refractivity contribution in [2.75, 3.05) is 60.9 Å². The topological polar surface area (TPSA) is 111 Å². The van der Waals surface area contributed by atoms with Crippen molar-refractivity contribution in [3.05, 3.63) is 58.6 Å². The molecule has 0 radical (unpaired) electrons. The normalized spacial score (nSPS) is 18.4. The van der Waals surface area contributed by atoms with Crippen LogP contribution in [-0.2, 0) is 4.74 Å². The number of piperazine rings is 1. The molecule has 0 spiro atoms. The maximum atomic E-state index is 12.0. The van der Waals surface area contributed by atoms with Crippen LogP contribution in [0, 0.1) is 10.1 Å². The Kier molecular flexibility index (Phi) is 7.89. The number of anilines is 3. The Balaban J connectivity index is 1.22. The number of hydrogen-bond donors (Lipinski definition) is 2. The van der Waals surface area contributed by atoms with Crippen molar-refractivity contribution in [1.82, 2.24) is 4.90 Å². The first kappa shape index (κ1) is 26.7. The smallest absolute Gasteiger partial charge is 0.412 e. The lowest BCUT2D eigenvalue weighted by molar-refractivity contribution is -0.384. The first-order valence-corrected chi connectivity index (χ1v) is 12.8. The average molecular weight is 512 g/mol. The highest BCUT2D eigenvalue weighted by molar-refractivity contribution is 5.85. The van der Waals surface area contributed by atoms with Gasteiger partial charge in [0.15, 0.2) is 0 Å². The minimum atomic E-state index is -0.728. The molecule has 0 bridgehead atoms. The number of nitro benzene ring substituents is 1. The third-order valence-electron chi connectivity index (χ3n) is 6.89. The number of amides is 1. The van der Waals surface area contributed by atoms with Crippen molar-refractivity contribution in [3.8, 4) is 0 Å². The second-order valence-corrected chi connectivity index (χ2v) is 10.9. The lowest BCUT2D eigenvalue weighted by Crippen LogP contribution is -2.55. The third-order valence-corrected chi connectivity index (χ3v) is 6.89. The quantitative estimate of drug-likeness (QED) is 0.441. The molecule has 0 aromatic heterocycles. The molecule has 2 heterocycles. The third kappa shape index (κ3) is 7.33. The maximum Gasteiger partial charge on any atom is 0.412 e. The van der Waals surface area contributed by atoms with Gasteiger partial charge in [-0.25, -0.2) is 4.79 Å². The molecule has 2 N–H and O–H groups in total. The Labute approximate surface area is 218 Å². The number of nitrogens with zero attached hydrogens (tertiary/aromatic N) is 4. The molecule has 37 heavy (non-hydrogen) atoms. The summed E-state index contributed by atoms with van der Waals surface area (Å²) in [5.74, 6) is 0. The molecule has 0 unspecified atom stereocenters. The van der Waals surface area contributed by atoms with Crippen molar-refractivity contribution in [2.24, 2.45) is 0 Å². The summed E-state index contributed by atoms with van der Waals surface area (Å²) in [7, 11) is 0. The molecule has 0 atom stereocenters. The number of piperidine rings is 1. The summed E-state index contributed by atoms with van der Waals surface area (Å²) < 4.78 is 5.30. The van der Waals surface area contributed by atoms with Gasteiger partial charge in [0.2, 0.25) is 0 Å². The molecule has 4 rings (SSSR count). The zero-order valence-electron chi connectivity index (χ0n) is 21.9. The average Bonchev–Trinajstić information content (AvgIpc) is 2.84. The van der Waals surface area contributed by atoms with Crippen LogP contribution >= 0.6 is 0 Å². The van der Waals surface area contributed by atoms with Gasteiger partial charge in [-0.1, -0.05) is 0 Å². The van der Waals surface area contributed by atoms with Gasteiger partial charge in [-0.3, -0.25) is 20.3 Å². The number of aliphatic hydroxyl groups is 1. The molecule has 2 aliphatic rings. The van der Waals surface area contributed by atoms with Crippen molar-refractivity contribution in [1.29, 1.82) is 0 Å². The van der Waals surface area contributed by atoms with Crippen LogP contribution in [0.1, 0.15) is 33.6 Å². The van der Waals surface area contributed by atoms with Crippen molar-refractivity contribution < 1.29 is 19.6 Å². The predicted molar refractivity (Wildman–Crippen MR) is 144 cm³/mol. The number of nitro groups is 1. The fourth-order valence-electron chi connectivity index (χ4n) is 4.88. The lowest BCUT2D eigenvalue weighted by Gasteiger charge is -2.44. The number of carbonyl (C=O) groups is 1. The minimum Gasteiger partial charge on any atom is -0.444 e. The molecule has 2 fully saturated rings. The molecule has 10 nitrogen and oxygen atoms in total. The summed E-state index contributed by atoms with van der Waals surface area (Å²) in [6.07, 6.45) is 0.859. The summed E-state index contributed by atoms with van der Waals surface area (Å²) in [4.78, 5) is 29.3. The Morgan fingerprint density at radius 3 is 1.97 bits per heavy atom. The SMILES string of the molecule is CC(C)(C)OC(=O)Nc1ccc(N2CCN(CC3(O)CCN(c4ccc([N+](=O)[O-])cc4)CC3)CC2)cc1. The minimum absolute atomic E-state index is 0.0878. The van der Waals surface area contributed by atoms with Crippen LogP contribution in [0.2, 0.25) is 0 Å². The van der Waals surface area contributed by atoms with Crippen LogP contribution in [0.15, 0.2) is 48.5 Å². The number of benzene rings is 2. The van der Waals surface area contributed by atoms with E-state index < -0.39 is 22.2 Å². The predicted octanol–water partition coefficient (Wildman–Crippen LogP) is 4.10. The Bertz CT molecular complexity index is 1070. The van der Waals surface area contributed by atoms with Crippen LogP contribution in [0.5, 0.6) is 0 Å². The van der Waals surface area contributed by atoms with Gasteiger partial charge < -0.3 is 19.6 Å². The summed E-state index contributed by atoms with van der Waals surface area (Å²) in [5.41, 5.74) is 1.57. The van der Waals surface area contributed by atoms with Gasteiger partial charge >= 0.3 is 6.09 Å². The van der Waals surface area contributed by atoms with Crippen LogP contribution in [-0.4, -0.2) is 78.0 Å². The highest BCUT2D eigenvalue weighted by atomic mass is 16.6. The number of non-ortho nitro benzene ring substituents is 1. The number of hydrogen-bond acceptors (Lipinski definition) is 8. The van der Waals surface area contributed by atoms with E-state index in [1.807, 2.05) is 45.0 Å². The summed E-state index contributed by atoms with van der Waals surface area (Å²) >= 11 is 0. The molecular formula is C27H37N5O5. The van der Waals surface area contributed by atoms with Gasteiger partial charge in [0.1, 0.15) is 5.60 Å². The number of ether oxygens (including phenoxy) is 1. The monoisotopic (exact) mass is 511 g/mol. The van der Waals surface area contributed by atoms with E-state index in [4.69, 9.17) is 4.74 Å². The Morgan fingerprint density at radius 1 is 0.946 bits per heavy atom. The van der Waals surface area contributed by atoms with Gasteiger partial charge in [-0.15, -0.1) is 0 Å². The summed E-state index contributed by atoms with van der Waals surface area (Å²) in [5, 5.41) is 24.9. The molecule has 2 aromatic rings. The van der Waals surface area contributed by atoms with E-state index in [0.29, 0.717) is 25.1 Å². The summed E-state index contributed by atoms with van der Waals surface area (Å²) in [6, 6.07) is 14.4. The second-order valence-electron chi connectivity index (χ2n) is 10.9. The number of carbonyl (C=O) groups excluding carboxylic acids is 1. The maximum absolute atomic E-state index is 12.0. The molecule has 0 aliphatic carbocycles. The van der Waals surface area contributed by atoms with E-state index in [-0.39, 0.29) is 5.69 Å². The van der Waals surface area contributed by atoms with E-state index >= 15 is 0 Å². The van der Waals surface area contributed by atoms with E-state index in [9.17, 15) is 20.0 Å². The Morgan fingerprint density at radius 2 is 1.46 bits per heavy atom. The fourth-order valence-corrected chi connectivity index (χ4v) is 4.88. The molecule has 0 saturated carbocycles. The van der Waals surface area contributed by atoms with E-state index in [0.717, 1.165) is 50.6 Å². The molecule has 1 amide bonds. The van der Waals surface area contributed by atoms with Gasteiger partial charge in [-0.2, -0.15) is 0 Å². The van der Waals surface area contributed by atoms with Crippen LogP contribution in [0.4, 0.5) is 27.5 Å². The summed E-state index contributed by atoms with van der Waals surface area (Å²) in [6.45, 7) is 11.0. The molecule has 10 heteroatoms. The van der Waals surface area contributed by atoms with Crippen LogP contribution in [0.3, 0.4) is 0 Å². The van der Waals surface area contributed by atoms with Gasteiger partial charge in [0.25, 0.3) is 5.69 Å². The van der Waals surface area contributed by atoms with Crippen LogP contribution in [0.25, 0.3) is 0 Å². The zero-order chi connectivity index (χ0) is 26.6. The lowest BCUT2D eigenvalue weighted by atomic mass is 9.90. The number of rotatable bonds is 6. The molecule has 2 aliphatic heterocycles. The highest BCUT2D eigenvalue weighted by Crippen LogP contribution is 2.29. The van der Waals surface area contributed by atoms with E-state index in [1.165, 1.54) is 12.1 Å². The molecular weight excluding hydrogens is 474 g/mol. The molecule has 2 aromatic carbocycles. The van der Waals surface area contributed by atoms with Crippen molar-refractivity contribution >= 4 is 28.8 Å². The number of β-amino-alcohol motifs (C(OH)–C–C–N with tert-alkyl or cyclic N) is 1. The van der Waals surface area contributed by atoms with Gasteiger partial charge in [0, 0.05) is 75.0 Å². The largest absolute Gasteiger partial charge is 0.444 e. The van der Waals surface area contributed by atoms with Gasteiger partial charge in [0.05, 0.1) is 10.5 Å². The first-order chi connectivity index (χ1) is 17.5. The molecule has 2 saturated heterocycles. The van der Waals surface area contributed by atoms with Crippen molar-refractivity contribution in [3.63, 3.8) is 0 Å². The number of nitrogens with one attached hydrogen (secondary N) is 1. The van der Waals surface area contributed by atoms with Gasteiger partial charge in [-0.05, 0) is 70.0 Å².